The fourth-order valence-corrected chi connectivity index (χ4v) is 3.95. The molecule has 1 aliphatic rings. The minimum atomic E-state index is -4.51. The maximum absolute atomic E-state index is 13.5. The molecule has 2 heterocycles. The molecular formula is C21H17ClF3NO3. The summed E-state index contributed by atoms with van der Waals surface area (Å²) in [5.74, 6) is 0.330. The van der Waals surface area contributed by atoms with Crippen LogP contribution in [-0.4, -0.2) is 6.73 Å². The van der Waals surface area contributed by atoms with Crippen molar-refractivity contribution in [2.24, 2.45) is 0 Å². The molecule has 2 aromatic carbocycles. The van der Waals surface area contributed by atoms with E-state index in [4.69, 9.17) is 20.8 Å². The summed E-state index contributed by atoms with van der Waals surface area (Å²) in [5.41, 5.74) is 0.271. The lowest BCUT2D eigenvalue weighted by molar-refractivity contribution is -0.137. The minimum absolute atomic E-state index is 0.00849. The van der Waals surface area contributed by atoms with Crippen LogP contribution >= 0.6 is 11.6 Å². The van der Waals surface area contributed by atoms with Crippen molar-refractivity contribution in [3.05, 3.63) is 68.5 Å². The predicted molar refractivity (Wildman–Crippen MR) is 105 cm³/mol. The van der Waals surface area contributed by atoms with Gasteiger partial charge in [-0.25, -0.2) is 4.79 Å². The Kier molecular flexibility index (Phi) is 4.94. The van der Waals surface area contributed by atoms with Crippen molar-refractivity contribution in [2.45, 2.75) is 32.5 Å². The third-order valence-corrected chi connectivity index (χ3v) is 5.19. The van der Waals surface area contributed by atoms with Crippen LogP contribution in [0.3, 0.4) is 0 Å². The second-order valence-electron chi connectivity index (χ2n) is 6.87. The quantitative estimate of drug-likeness (QED) is 0.501. The van der Waals surface area contributed by atoms with Crippen LogP contribution in [0.2, 0.25) is 5.02 Å². The number of aryl methyl sites for hydroxylation is 1. The molecule has 1 aliphatic heterocycles. The van der Waals surface area contributed by atoms with Gasteiger partial charge in [0.05, 0.1) is 28.4 Å². The van der Waals surface area contributed by atoms with Crippen LogP contribution in [0, 0.1) is 0 Å². The van der Waals surface area contributed by atoms with Crippen LogP contribution in [0.25, 0.3) is 11.0 Å². The molecule has 0 N–H and O–H groups in total. The number of ether oxygens (including phenoxy) is 1. The first-order chi connectivity index (χ1) is 13.8. The van der Waals surface area contributed by atoms with E-state index in [0.29, 0.717) is 33.7 Å². The second-order valence-corrected chi connectivity index (χ2v) is 7.28. The van der Waals surface area contributed by atoms with Crippen molar-refractivity contribution in [3.8, 4) is 5.75 Å². The molecule has 4 rings (SSSR count). The predicted octanol–water partition coefficient (Wildman–Crippen LogP) is 5.77. The van der Waals surface area contributed by atoms with E-state index in [1.165, 1.54) is 29.2 Å². The summed E-state index contributed by atoms with van der Waals surface area (Å²) in [7, 11) is 0. The lowest BCUT2D eigenvalue weighted by Gasteiger charge is -2.33. The van der Waals surface area contributed by atoms with E-state index in [2.05, 4.69) is 0 Å². The van der Waals surface area contributed by atoms with Gasteiger partial charge in [0, 0.05) is 11.5 Å². The van der Waals surface area contributed by atoms with Gasteiger partial charge in [-0.3, -0.25) is 0 Å². The Morgan fingerprint density at radius 3 is 2.69 bits per heavy atom. The molecule has 1 aromatic heterocycles. The molecular weight excluding hydrogens is 407 g/mol. The van der Waals surface area contributed by atoms with Gasteiger partial charge >= 0.3 is 11.8 Å². The van der Waals surface area contributed by atoms with Gasteiger partial charge < -0.3 is 14.1 Å². The van der Waals surface area contributed by atoms with Gasteiger partial charge in [-0.15, -0.1) is 0 Å². The molecule has 0 amide bonds. The van der Waals surface area contributed by atoms with Gasteiger partial charge in [-0.1, -0.05) is 37.1 Å². The fourth-order valence-electron chi connectivity index (χ4n) is 3.67. The van der Waals surface area contributed by atoms with Gasteiger partial charge in [0.15, 0.2) is 6.73 Å². The summed E-state index contributed by atoms with van der Waals surface area (Å²) < 4.78 is 51.5. The molecule has 4 nitrogen and oxygen atoms in total. The molecule has 0 aliphatic carbocycles. The highest BCUT2D eigenvalue weighted by Crippen LogP contribution is 2.43. The first-order valence-corrected chi connectivity index (χ1v) is 9.49. The number of fused-ring (bicyclic) bond motifs is 3. The Bertz CT molecular complexity index is 1140. The molecule has 0 spiro atoms. The topological polar surface area (TPSA) is 42.7 Å². The molecule has 0 bridgehead atoms. The molecule has 8 heteroatoms. The van der Waals surface area contributed by atoms with Crippen LogP contribution in [0.15, 0.2) is 45.6 Å². The van der Waals surface area contributed by atoms with Crippen molar-refractivity contribution < 1.29 is 22.3 Å². The summed E-state index contributed by atoms with van der Waals surface area (Å²) >= 11 is 6.39. The zero-order valence-corrected chi connectivity index (χ0v) is 16.2. The number of anilines is 1. The van der Waals surface area contributed by atoms with Crippen molar-refractivity contribution in [3.63, 3.8) is 0 Å². The number of alkyl halides is 3. The molecule has 152 valence electrons. The largest absolute Gasteiger partial charge is 0.471 e. The second kappa shape index (κ2) is 7.30. The number of para-hydroxylation sites is 1. The maximum atomic E-state index is 13.5. The smallest absolute Gasteiger partial charge is 0.418 e. The van der Waals surface area contributed by atoms with Crippen molar-refractivity contribution in [1.82, 2.24) is 0 Å². The van der Waals surface area contributed by atoms with E-state index in [-0.39, 0.29) is 19.0 Å². The molecule has 0 saturated carbocycles. The zero-order valence-electron chi connectivity index (χ0n) is 15.5. The van der Waals surface area contributed by atoms with Crippen LogP contribution < -0.4 is 15.3 Å². The van der Waals surface area contributed by atoms with Crippen LogP contribution in [-0.2, 0) is 19.1 Å². The molecule has 3 aromatic rings. The van der Waals surface area contributed by atoms with Crippen LogP contribution in [0.5, 0.6) is 5.75 Å². The van der Waals surface area contributed by atoms with Crippen molar-refractivity contribution in [2.75, 3.05) is 11.6 Å². The summed E-state index contributed by atoms with van der Waals surface area (Å²) in [6.07, 6.45) is -3.04. The van der Waals surface area contributed by atoms with E-state index in [1.54, 1.807) is 6.07 Å². The van der Waals surface area contributed by atoms with E-state index in [1.807, 2.05) is 6.92 Å². The third-order valence-electron chi connectivity index (χ3n) is 4.90. The van der Waals surface area contributed by atoms with Crippen LogP contribution in [0.1, 0.15) is 30.0 Å². The highest BCUT2D eigenvalue weighted by atomic mass is 35.5. The first-order valence-electron chi connectivity index (χ1n) is 9.11. The minimum Gasteiger partial charge on any atom is -0.471 e. The average Bonchev–Trinajstić information content (AvgIpc) is 2.68. The molecule has 0 radical (unpaired) electrons. The number of halogens is 4. The summed E-state index contributed by atoms with van der Waals surface area (Å²) in [6, 6.07) is 8.41. The first kappa shape index (κ1) is 19.6. The Morgan fingerprint density at radius 2 is 1.97 bits per heavy atom. The van der Waals surface area contributed by atoms with Crippen molar-refractivity contribution in [1.29, 1.82) is 0 Å². The maximum Gasteiger partial charge on any atom is 0.418 e. The number of rotatable bonds is 3. The zero-order chi connectivity index (χ0) is 20.8. The molecule has 0 atom stereocenters. The highest BCUT2D eigenvalue weighted by Gasteiger charge is 2.36. The third kappa shape index (κ3) is 3.55. The monoisotopic (exact) mass is 423 g/mol. The number of nitrogens with zero attached hydrogens (tertiary/aromatic N) is 1. The van der Waals surface area contributed by atoms with Gasteiger partial charge in [0.1, 0.15) is 11.3 Å². The van der Waals surface area contributed by atoms with Crippen LogP contribution in [0.4, 0.5) is 18.9 Å². The standard InChI is InChI=1S/C21H17ClF3NO3/c1-2-5-12-8-18(27)29-19-13(12)9-16(22)20-14(19)10-26(11-28-20)17-7-4-3-6-15(17)21(23,24)25/h3-4,6-9H,2,5,10-11H2,1H3. The Morgan fingerprint density at radius 1 is 1.21 bits per heavy atom. The summed E-state index contributed by atoms with van der Waals surface area (Å²) in [4.78, 5) is 13.5. The van der Waals surface area contributed by atoms with E-state index in [0.717, 1.165) is 18.1 Å². The van der Waals surface area contributed by atoms with Gasteiger partial charge in [0.2, 0.25) is 0 Å². The Hall–Kier alpha value is -2.67. The summed E-state index contributed by atoms with van der Waals surface area (Å²) in [5, 5.41) is 1.01. The molecule has 0 unspecified atom stereocenters. The van der Waals surface area contributed by atoms with Gasteiger partial charge in [-0.05, 0) is 30.2 Å². The number of benzene rings is 2. The number of hydrogen-bond acceptors (Lipinski definition) is 4. The number of hydrogen-bond donors (Lipinski definition) is 0. The highest BCUT2D eigenvalue weighted by molar-refractivity contribution is 6.33. The average molecular weight is 424 g/mol. The fraction of sp³-hybridized carbons (Fsp3) is 0.286. The Balaban J connectivity index is 1.87. The molecule has 0 fully saturated rings. The normalized spacial score (nSPS) is 14.0. The SMILES string of the molecule is CCCc1cc(=O)oc2c3c(c(Cl)cc12)OCN(c1ccccc1C(F)(F)F)C3. The lowest BCUT2D eigenvalue weighted by atomic mass is 10.0. The Labute approximate surface area is 169 Å². The van der Waals surface area contributed by atoms with E-state index in [9.17, 15) is 18.0 Å². The van der Waals surface area contributed by atoms with E-state index >= 15 is 0 Å². The van der Waals surface area contributed by atoms with Crippen molar-refractivity contribution >= 4 is 28.3 Å². The van der Waals surface area contributed by atoms with E-state index < -0.39 is 17.4 Å². The van der Waals surface area contributed by atoms with Gasteiger partial charge in [-0.2, -0.15) is 13.2 Å². The summed E-state index contributed by atoms with van der Waals surface area (Å²) in [6.45, 7) is 1.95. The molecule has 29 heavy (non-hydrogen) atoms. The molecule has 0 saturated heterocycles. The van der Waals surface area contributed by atoms with Gasteiger partial charge in [0.25, 0.3) is 0 Å². The lowest BCUT2D eigenvalue weighted by Crippen LogP contribution is -2.33.